The number of carbonyl (C=O) groups is 2. The van der Waals surface area contributed by atoms with Crippen molar-refractivity contribution in [1.82, 2.24) is 10.3 Å². The van der Waals surface area contributed by atoms with E-state index in [4.69, 9.17) is 0 Å². The predicted octanol–water partition coefficient (Wildman–Crippen LogP) is 4.65. The number of nitrogens with one attached hydrogen (secondary N) is 2. The second-order valence-corrected chi connectivity index (χ2v) is 7.10. The summed E-state index contributed by atoms with van der Waals surface area (Å²) in [4.78, 5) is 29.1. The molecule has 0 aliphatic heterocycles. The summed E-state index contributed by atoms with van der Waals surface area (Å²) in [6.45, 7) is 1.91. The van der Waals surface area contributed by atoms with E-state index in [9.17, 15) is 22.8 Å². The molecule has 0 saturated heterocycles. The van der Waals surface area contributed by atoms with Gasteiger partial charge in [0.05, 0.1) is 16.8 Å². The number of carbonyl (C=O) groups excluding carboxylic acids is 2. The Balaban J connectivity index is 1.72. The summed E-state index contributed by atoms with van der Waals surface area (Å²) in [6, 6.07) is 13.8. The third-order valence-electron chi connectivity index (χ3n) is 4.00. The van der Waals surface area contributed by atoms with Crippen molar-refractivity contribution in [2.75, 3.05) is 5.32 Å². The van der Waals surface area contributed by atoms with Gasteiger partial charge in [0.15, 0.2) is 5.13 Å². The molecule has 9 heteroatoms. The Morgan fingerprint density at radius 1 is 1.00 bits per heavy atom. The first kappa shape index (κ1) is 20.5. The van der Waals surface area contributed by atoms with Crippen molar-refractivity contribution in [1.29, 1.82) is 0 Å². The molecule has 0 unspecified atom stereocenters. The van der Waals surface area contributed by atoms with Crippen LogP contribution in [0.25, 0.3) is 0 Å². The molecule has 0 fully saturated rings. The lowest BCUT2D eigenvalue weighted by molar-refractivity contribution is -0.137. The molecule has 0 atom stereocenters. The van der Waals surface area contributed by atoms with Gasteiger partial charge in [-0.1, -0.05) is 53.8 Å². The van der Waals surface area contributed by atoms with E-state index in [0.717, 1.165) is 29.0 Å². The smallest absolute Gasteiger partial charge is 0.347 e. The largest absolute Gasteiger partial charge is 0.417 e. The molecule has 1 heterocycles. The van der Waals surface area contributed by atoms with Crippen molar-refractivity contribution in [2.45, 2.75) is 19.6 Å². The molecule has 0 aliphatic rings. The van der Waals surface area contributed by atoms with Gasteiger partial charge in [0, 0.05) is 6.54 Å². The highest BCUT2D eigenvalue weighted by molar-refractivity contribution is 7.17. The van der Waals surface area contributed by atoms with Crippen molar-refractivity contribution in [3.8, 4) is 0 Å². The third-order valence-corrected chi connectivity index (χ3v) is 5.07. The van der Waals surface area contributed by atoms with Gasteiger partial charge in [0.2, 0.25) is 0 Å². The molecular weight excluding hydrogens is 403 g/mol. The van der Waals surface area contributed by atoms with E-state index < -0.39 is 23.2 Å². The minimum Gasteiger partial charge on any atom is -0.347 e. The standard InChI is InChI=1S/C20H16F3N3O2S/c1-12-16(18(28)24-11-13-7-3-2-4-8-13)29-19(25-12)26-17(27)14-9-5-6-10-15(14)20(21,22)23/h2-10H,11H2,1H3,(H,24,28)(H,25,26,27). The Bertz CT molecular complexity index is 1030. The zero-order valence-corrected chi connectivity index (χ0v) is 16.0. The Morgan fingerprint density at radius 2 is 1.66 bits per heavy atom. The molecule has 0 bridgehead atoms. The van der Waals surface area contributed by atoms with Crippen LogP contribution in [0.15, 0.2) is 54.6 Å². The highest BCUT2D eigenvalue weighted by Gasteiger charge is 2.35. The Hall–Kier alpha value is -3.20. The molecule has 2 N–H and O–H groups in total. The fraction of sp³-hybridized carbons (Fsp3) is 0.150. The van der Waals surface area contributed by atoms with Crippen LogP contribution in [0.3, 0.4) is 0 Å². The maximum Gasteiger partial charge on any atom is 0.417 e. The number of anilines is 1. The summed E-state index contributed by atoms with van der Waals surface area (Å²) in [5.41, 5.74) is -0.255. The molecule has 1 aromatic heterocycles. The number of amides is 2. The fourth-order valence-corrected chi connectivity index (χ4v) is 3.49. The molecule has 3 aromatic rings. The molecule has 2 aromatic carbocycles. The number of thiazole rings is 1. The molecule has 0 aliphatic carbocycles. The number of benzene rings is 2. The quantitative estimate of drug-likeness (QED) is 0.632. The molecule has 150 valence electrons. The molecule has 5 nitrogen and oxygen atoms in total. The van der Waals surface area contributed by atoms with Gasteiger partial charge in [0.1, 0.15) is 4.88 Å². The number of rotatable bonds is 5. The van der Waals surface area contributed by atoms with Gasteiger partial charge in [0.25, 0.3) is 11.8 Å². The molecular formula is C20H16F3N3O2S. The van der Waals surface area contributed by atoms with Crippen LogP contribution in [0, 0.1) is 6.92 Å². The molecule has 2 amide bonds. The lowest BCUT2D eigenvalue weighted by Gasteiger charge is -2.11. The van der Waals surface area contributed by atoms with Crippen LogP contribution in [0.4, 0.5) is 18.3 Å². The van der Waals surface area contributed by atoms with E-state index in [1.807, 2.05) is 30.3 Å². The number of aryl methyl sites for hydroxylation is 1. The maximum absolute atomic E-state index is 13.1. The van der Waals surface area contributed by atoms with E-state index in [0.29, 0.717) is 12.2 Å². The number of hydrogen-bond acceptors (Lipinski definition) is 4. The average molecular weight is 419 g/mol. The number of alkyl halides is 3. The highest BCUT2D eigenvalue weighted by atomic mass is 32.1. The van der Waals surface area contributed by atoms with E-state index >= 15 is 0 Å². The summed E-state index contributed by atoms with van der Waals surface area (Å²) in [6.07, 6.45) is -4.66. The number of halogens is 3. The summed E-state index contributed by atoms with van der Waals surface area (Å²) < 4.78 is 39.3. The Kier molecular flexibility index (Phi) is 5.97. The molecule has 29 heavy (non-hydrogen) atoms. The minimum atomic E-state index is -4.66. The highest BCUT2D eigenvalue weighted by Crippen LogP contribution is 2.32. The van der Waals surface area contributed by atoms with Crippen molar-refractivity contribution >= 4 is 28.3 Å². The van der Waals surface area contributed by atoms with Crippen LogP contribution in [0.5, 0.6) is 0 Å². The van der Waals surface area contributed by atoms with Crippen molar-refractivity contribution in [2.24, 2.45) is 0 Å². The second-order valence-electron chi connectivity index (χ2n) is 6.10. The van der Waals surface area contributed by atoms with Gasteiger partial charge in [-0.2, -0.15) is 13.2 Å². The summed E-state index contributed by atoms with van der Waals surface area (Å²) in [5.74, 6) is -1.32. The molecule has 0 saturated carbocycles. The number of hydrogen-bond donors (Lipinski definition) is 2. The number of aromatic nitrogens is 1. The zero-order valence-electron chi connectivity index (χ0n) is 15.2. The first-order valence-electron chi connectivity index (χ1n) is 8.53. The van der Waals surface area contributed by atoms with Crippen LogP contribution in [0.2, 0.25) is 0 Å². The second kappa shape index (κ2) is 8.44. The van der Waals surface area contributed by atoms with Crippen LogP contribution in [-0.4, -0.2) is 16.8 Å². The van der Waals surface area contributed by atoms with Gasteiger partial charge in [-0.3, -0.25) is 14.9 Å². The summed E-state index contributed by atoms with van der Waals surface area (Å²) in [5, 5.41) is 5.15. The lowest BCUT2D eigenvalue weighted by Crippen LogP contribution is -2.22. The Labute approximate surface area is 168 Å². The summed E-state index contributed by atoms with van der Waals surface area (Å²) in [7, 11) is 0. The van der Waals surface area contributed by atoms with Gasteiger partial charge in [-0.15, -0.1) is 0 Å². The fourth-order valence-electron chi connectivity index (χ4n) is 2.61. The molecule has 0 radical (unpaired) electrons. The van der Waals surface area contributed by atoms with Crippen LogP contribution < -0.4 is 10.6 Å². The predicted molar refractivity (Wildman–Crippen MR) is 104 cm³/mol. The number of nitrogens with zero attached hydrogens (tertiary/aromatic N) is 1. The van der Waals surface area contributed by atoms with Crippen LogP contribution >= 0.6 is 11.3 Å². The van der Waals surface area contributed by atoms with Crippen molar-refractivity contribution in [3.05, 3.63) is 81.9 Å². The molecule has 3 rings (SSSR count). The van der Waals surface area contributed by atoms with Gasteiger partial charge in [-0.05, 0) is 24.6 Å². The first-order chi connectivity index (χ1) is 13.8. The van der Waals surface area contributed by atoms with E-state index in [2.05, 4.69) is 15.6 Å². The van der Waals surface area contributed by atoms with Crippen LogP contribution in [-0.2, 0) is 12.7 Å². The van der Waals surface area contributed by atoms with Crippen molar-refractivity contribution < 1.29 is 22.8 Å². The minimum absolute atomic E-state index is 0.0503. The lowest BCUT2D eigenvalue weighted by atomic mass is 10.1. The van der Waals surface area contributed by atoms with Crippen LogP contribution in [0.1, 0.15) is 36.9 Å². The van der Waals surface area contributed by atoms with E-state index in [1.54, 1.807) is 6.92 Å². The van der Waals surface area contributed by atoms with Gasteiger partial charge >= 0.3 is 6.18 Å². The van der Waals surface area contributed by atoms with Gasteiger partial charge < -0.3 is 5.32 Å². The average Bonchev–Trinajstić information content (AvgIpc) is 3.06. The third kappa shape index (κ3) is 5.00. The topological polar surface area (TPSA) is 71.1 Å². The zero-order chi connectivity index (χ0) is 21.0. The van der Waals surface area contributed by atoms with E-state index in [1.165, 1.54) is 12.1 Å². The monoisotopic (exact) mass is 419 g/mol. The van der Waals surface area contributed by atoms with E-state index in [-0.39, 0.29) is 15.9 Å². The summed E-state index contributed by atoms with van der Waals surface area (Å²) >= 11 is 0.903. The van der Waals surface area contributed by atoms with Gasteiger partial charge in [-0.25, -0.2) is 4.98 Å². The SMILES string of the molecule is Cc1nc(NC(=O)c2ccccc2C(F)(F)F)sc1C(=O)NCc1ccccc1. The normalized spacial score (nSPS) is 11.2. The maximum atomic E-state index is 13.1. The van der Waals surface area contributed by atoms with Crippen molar-refractivity contribution in [3.63, 3.8) is 0 Å². The molecule has 0 spiro atoms. The first-order valence-corrected chi connectivity index (χ1v) is 9.34. The Morgan fingerprint density at radius 3 is 2.34 bits per heavy atom.